The summed E-state index contributed by atoms with van der Waals surface area (Å²) in [6.07, 6.45) is 0. The number of nitrogens with two attached hydrogens (primary N) is 1. The maximum absolute atomic E-state index is 13.6. The van der Waals surface area contributed by atoms with Gasteiger partial charge in [0, 0.05) is 12.7 Å². The van der Waals surface area contributed by atoms with Gasteiger partial charge in [-0.1, -0.05) is 6.07 Å². The summed E-state index contributed by atoms with van der Waals surface area (Å²) in [6, 6.07) is 6.04. The highest BCUT2D eigenvalue weighted by Gasteiger charge is 2.09. The van der Waals surface area contributed by atoms with E-state index in [2.05, 4.69) is 9.97 Å². The summed E-state index contributed by atoms with van der Waals surface area (Å²) < 4.78 is 24.3. The number of halogens is 1. The van der Waals surface area contributed by atoms with Crippen LogP contribution in [0.4, 0.5) is 10.2 Å². The van der Waals surface area contributed by atoms with Crippen LogP contribution in [-0.4, -0.2) is 16.6 Å². The van der Waals surface area contributed by atoms with E-state index in [1.165, 1.54) is 12.1 Å². The van der Waals surface area contributed by atoms with E-state index < -0.39 is 5.82 Å². The number of benzene rings is 1. The Kier molecular flexibility index (Phi) is 4.47. The monoisotopic (exact) mass is 277 g/mol. The molecule has 2 N–H and O–H groups in total. The van der Waals surface area contributed by atoms with Crippen molar-refractivity contribution in [2.24, 2.45) is 0 Å². The Hall–Kier alpha value is -2.21. The Morgan fingerprint density at radius 3 is 2.80 bits per heavy atom. The maximum atomic E-state index is 13.6. The Morgan fingerprint density at radius 2 is 2.05 bits per heavy atom. The van der Waals surface area contributed by atoms with Crippen LogP contribution in [0.15, 0.2) is 24.3 Å². The number of rotatable bonds is 5. The third-order valence-corrected chi connectivity index (χ3v) is 2.51. The SMILES string of the molecule is CCOCc1nc(N)cc(Oc2cc(C)ccc2F)n1. The fourth-order valence-corrected chi connectivity index (χ4v) is 1.60. The Bertz CT molecular complexity index is 605. The number of anilines is 1. The second kappa shape index (κ2) is 6.29. The molecule has 1 heterocycles. The molecule has 0 aliphatic carbocycles. The average molecular weight is 277 g/mol. The molecule has 1 aromatic heterocycles. The van der Waals surface area contributed by atoms with Gasteiger partial charge in [-0.05, 0) is 31.5 Å². The summed E-state index contributed by atoms with van der Waals surface area (Å²) in [6.45, 7) is 4.49. The summed E-state index contributed by atoms with van der Waals surface area (Å²) in [5, 5.41) is 0. The minimum Gasteiger partial charge on any atom is -0.436 e. The van der Waals surface area contributed by atoms with Gasteiger partial charge in [0.05, 0.1) is 0 Å². The van der Waals surface area contributed by atoms with E-state index in [0.29, 0.717) is 12.4 Å². The van der Waals surface area contributed by atoms with Gasteiger partial charge in [-0.3, -0.25) is 0 Å². The van der Waals surface area contributed by atoms with Gasteiger partial charge in [0.25, 0.3) is 0 Å². The van der Waals surface area contributed by atoms with Gasteiger partial charge in [-0.15, -0.1) is 0 Å². The average Bonchev–Trinajstić information content (AvgIpc) is 2.40. The molecule has 0 amide bonds. The minimum atomic E-state index is -0.459. The van der Waals surface area contributed by atoms with E-state index >= 15 is 0 Å². The molecule has 20 heavy (non-hydrogen) atoms. The Morgan fingerprint density at radius 1 is 1.25 bits per heavy atom. The maximum Gasteiger partial charge on any atom is 0.224 e. The summed E-state index contributed by atoms with van der Waals surface area (Å²) >= 11 is 0. The molecular weight excluding hydrogens is 261 g/mol. The number of hydrogen-bond acceptors (Lipinski definition) is 5. The fourth-order valence-electron chi connectivity index (χ4n) is 1.60. The van der Waals surface area contributed by atoms with Crippen LogP contribution >= 0.6 is 0 Å². The van der Waals surface area contributed by atoms with Crippen molar-refractivity contribution in [3.8, 4) is 11.6 Å². The van der Waals surface area contributed by atoms with Gasteiger partial charge >= 0.3 is 0 Å². The first-order valence-corrected chi connectivity index (χ1v) is 6.23. The lowest BCUT2D eigenvalue weighted by atomic mass is 10.2. The van der Waals surface area contributed by atoms with Crippen molar-refractivity contribution in [3.05, 3.63) is 41.5 Å². The van der Waals surface area contributed by atoms with Crippen LogP contribution in [0.25, 0.3) is 0 Å². The predicted octanol–water partition coefficient (Wildman–Crippen LogP) is 2.84. The molecule has 106 valence electrons. The van der Waals surface area contributed by atoms with E-state index in [1.807, 2.05) is 13.8 Å². The van der Waals surface area contributed by atoms with E-state index in [9.17, 15) is 4.39 Å². The first-order chi connectivity index (χ1) is 9.58. The number of ether oxygens (including phenoxy) is 2. The second-order valence-corrected chi connectivity index (χ2v) is 4.22. The van der Waals surface area contributed by atoms with Crippen molar-refractivity contribution in [2.45, 2.75) is 20.5 Å². The van der Waals surface area contributed by atoms with E-state index in [4.69, 9.17) is 15.2 Å². The van der Waals surface area contributed by atoms with Gasteiger partial charge in [0.2, 0.25) is 5.88 Å². The van der Waals surface area contributed by atoms with Gasteiger partial charge in [-0.2, -0.15) is 4.98 Å². The van der Waals surface area contributed by atoms with Gasteiger partial charge < -0.3 is 15.2 Å². The number of aromatic nitrogens is 2. The smallest absolute Gasteiger partial charge is 0.224 e. The van der Waals surface area contributed by atoms with Crippen molar-refractivity contribution in [1.82, 2.24) is 9.97 Å². The Labute approximate surface area is 116 Å². The molecule has 2 aromatic rings. The van der Waals surface area contributed by atoms with Crippen molar-refractivity contribution in [2.75, 3.05) is 12.3 Å². The van der Waals surface area contributed by atoms with Crippen LogP contribution in [0.2, 0.25) is 0 Å². The Balaban J connectivity index is 2.24. The third kappa shape index (κ3) is 3.64. The molecule has 0 bridgehead atoms. The fraction of sp³-hybridized carbons (Fsp3) is 0.286. The summed E-state index contributed by atoms with van der Waals surface area (Å²) in [5.41, 5.74) is 6.56. The molecule has 0 aliphatic rings. The van der Waals surface area contributed by atoms with E-state index in [1.54, 1.807) is 12.1 Å². The zero-order valence-electron chi connectivity index (χ0n) is 11.4. The van der Waals surface area contributed by atoms with E-state index in [0.717, 1.165) is 5.56 Å². The van der Waals surface area contributed by atoms with Gasteiger partial charge in [-0.25, -0.2) is 9.37 Å². The van der Waals surface area contributed by atoms with Crippen LogP contribution in [0.3, 0.4) is 0 Å². The minimum absolute atomic E-state index is 0.102. The van der Waals surface area contributed by atoms with Crippen molar-refractivity contribution in [3.63, 3.8) is 0 Å². The third-order valence-electron chi connectivity index (χ3n) is 2.51. The molecule has 0 atom stereocenters. The number of nitrogen functional groups attached to an aromatic ring is 1. The predicted molar refractivity (Wildman–Crippen MR) is 73.0 cm³/mol. The lowest BCUT2D eigenvalue weighted by Gasteiger charge is -2.09. The number of nitrogens with zero attached hydrogens (tertiary/aromatic N) is 2. The quantitative estimate of drug-likeness (QED) is 0.910. The molecule has 0 aliphatic heterocycles. The normalized spacial score (nSPS) is 10.6. The largest absolute Gasteiger partial charge is 0.436 e. The molecule has 0 radical (unpaired) electrons. The van der Waals surface area contributed by atoms with Crippen molar-refractivity contribution in [1.29, 1.82) is 0 Å². The first kappa shape index (κ1) is 14.2. The van der Waals surface area contributed by atoms with Crippen LogP contribution in [0, 0.1) is 12.7 Å². The van der Waals surface area contributed by atoms with Crippen molar-refractivity contribution < 1.29 is 13.9 Å². The molecule has 0 saturated heterocycles. The highest BCUT2D eigenvalue weighted by atomic mass is 19.1. The molecule has 2 rings (SSSR count). The summed E-state index contributed by atoms with van der Waals surface area (Å²) in [7, 11) is 0. The molecule has 0 saturated carbocycles. The zero-order valence-corrected chi connectivity index (χ0v) is 11.4. The molecule has 5 nitrogen and oxygen atoms in total. The summed E-state index contributed by atoms with van der Waals surface area (Å²) in [5.74, 6) is 0.481. The second-order valence-electron chi connectivity index (χ2n) is 4.22. The lowest BCUT2D eigenvalue weighted by molar-refractivity contribution is 0.128. The van der Waals surface area contributed by atoms with Crippen LogP contribution in [-0.2, 0) is 11.3 Å². The standard InChI is InChI=1S/C14H16FN3O2/c1-3-19-8-13-17-12(16)7-14(18-13)20-11-6-9(2)4-5-10(11)15/h4-7H,3,8H2,1-2H3,(H2,16,17,18). The van der Waals surface area contributed by atoms with Gasteiger partial charge in [0.1, 0.15) is 12.4 Å². The van der Waals surface area contributed by atoms with Crippen LogP contribution < -0.4 is 10.5 Å². The summed E-state index contributed by atoms with van der Waals surface area (Å²) in [4.78, 5) is 8.15. The highest BCUT2D eigenvalue weighted by molar-refractivity contribution is 5.37. The number of hydrogen-bond donors (Lipinski definition) is 1. The topological polar surface area (TPSA) is 70.3 Å². The highest BCUT2D eigenvalue weighted by Crippen LogP contribution is 2.25. The lowest BCUT2D eigenvalue weighted by Crippen LogP contribution is -2.04. The van der Waals surface area contributed by atoms with E-state index in [-0.39, 0.29) is 24.1 Å². The molecule has 0 spiro atoms. The van der Waals surface area contributed by atoms with Crippen LogP contribution in [0.1, 0.15) is 18.3 Å². The molecule has 0 unspecified atom stereocenters. The molecule has 1 aromatic carbocycles. The molecular formula is C14H16FN3O2. The van der Waals surface area contributed by atoms with Crippen molar-refractivity contribution >= 4 is 5.82 Å². The first-order valence-electron chi connectivity index (χ1n) is 6.23. The number of aryl methyl sites for hydroxylation is 1. The molecule has 6 heteroatoms. The van der Waals surface area contributed by atoms with Crippen LogP contribution in [0.5, 0.6) is 11.6 Å². The zero-order chi connectivity index (χ0) is 14.5. The molecule has 0 fully saturated rings. The van der Waals surface area contributed by atoms with Gasteiger partial charge in [0.15, 0.2) is 17.4 Å².